The Morgan fingerprint density at radius 1 is 1.18 bits per heavy atom. The van der Waals surface area contributed by atoms with E-state index in [4.69, 9.17) is 4.52 Å². The van der Waals surface area contributed by atoms with Crippen molar-refractivity contribution in [2.24, 2.45) is 0 Å². The zero-order valence-corrected chi connectivity index (χ0v) is 15.8. The first-order chi connectivity index (χ1) is 13.5. The van der Waals surface area contributed by atoms with Crippen molar-refractivity contribution in [3.8, 4) is 11.5 Å². The van der Waals surface area contributed by atoms with E-state index < -0.39 is 0 Å². The van der Waals surface area contributed by atoms with Gasteiger partial charge in [0.05, 0.1) is 0 Å². The minimum absolute atomic E-state index is 0.0325. The zero-order valence-electron chi connectivity index (χ0n) is 15.8. The monoisotopic (exact) mass is 380 g/mol. The lowest BCUT2D eigenvalue weighted by Crippen LogP contribution is -2.25. The summed E-state index contributed by atoms with van der Waals surface area (Å²) < 4.78 is 19.3. The molecule has 0 aliphatic carbocycles. The second-order valence-electron chi connectivity index (χ2n) is 7.17. The van der Waals surface area contributed by atoms with E-state index in [2.05, 4.69) is 10.1 Å². The summed E-state index contributed by atoms with van der Waals surface area (Å²) in [6.45, 7) is 0.699. The van der Waals surface area contributed by atoms with Crippen molar-refractivity contribution in [2.45, 2.75) is 18.9 Å². The van der Waals surface area contributed by atoms with Gasteiger partial charge in [0.25, 0.3) is 5.89 Å². The molecular formula is C21H21FN4O2. The fourth-order valence-electron chi connectivity index (χ4n) is 3.35. The minimum atomic E-state index is -0.304. The highest BCUT2D eigenvalue weighted by atomic mass is 19.1. The summed E-state index contributed by atoms with van der Waals surface area (Å²) in [7, 11) is 3.95. The molecule has 1 fully saturated rings. The molecule has 6 nitrogen and oxygen atoms in total. The third-order valence-electron chi connectivity index (χ3n) is 4.97. The number of anilines is 1. The predicted molar refractivity (Wildman–Crippen MR) is 103 cm³/mol. The van der Waals surface area contributed by atoms with E-state index in [-0.39, 0.29) is 24.2 Å². The van der Waals surface area contributed by atoms with Crippen LogP contribution in [0.5, 0.6) is 0 Å². The van der Waals surface area contributed by atoms with Gasteiger partial charge in [0.1, 0.15) is 5.82 Å². The molecule has 0 saturated carbocycles. The Morgan fingerprint density at radius 2 is 1.93 bits per heavy atom. The van der Waals surface area contributed by atoms with Gasteiger partial charge in [0.15, 0.2) is 5.82 Å². The first kappa shape index (κ1) is 18.2. The maximum absolute atomic E-state index is 13.9. The van der Waals surface area contributed by atoms with E-state index in [9.17, 15) is 9.18 Å². The third kappa shape index (κ3) is 3.60. The van der Waals surface area contributed by atoms with Gasteiger partial charge in [-0.05, 0) is 30.3 Å². The summed E-state index contributed by atoms with van der Waals surface area (Å²) in [5, 5.41) is 4.08. The molecule has 0 bridgehead atoms. The van der Waals surface area contributed by atoms with E-state index in [1.165, 1.54) is 6.07 Å². The standard InChI is InChI=1S/C21H21FN4O2/c1-25(2)17-9-7-14(8-10-17)21-23-20(24-28-21)16-11-19(27)26(13-16)12-15-5-3-4-6-18(15)22/h3-10,16H,11-13H2,1-2H3. The fraction of sp³-hybridized carbons (Fsp3) is 0.286. The summed E-state index contributed by atoms with van der Waals surface area (Å²) in [6, 6.07) is 14.3. The van der Waals surface area contributed by atoms with Crippen LogP contribution in [0.1, 0.15) is 23.7 Å². The smallest absolute Gasteiger partial charge is 0.257 e. The Balaban J connectivity index is 1.47. The Morgan fingerprint density at radius 3 is 2.64 bits per heavy atom. The molecule has 0 radical (unpaired) electrons. The summed E-state index contributed by atoms with van der Waals surface area (Å²) in [6.07, 6.45) is 0.299. The molecule has 1 atom stereocenters. The van der Waals surface area contributed by atoms with Crippen molar-refractivity contribution in [2.75, 3.05) is 25.5 Å². The van der Waals surface area contributed by atoms with Crippen molar-refractivity contribution in [3.63, 3.8) is 0 Å². The molecule has 144 valence electrons. The largest absolute Gasteiger partial charge is 0.378 e. The second-order valence-corrected chi connectivity index (χ2v) is 7.17. The number of hydrogen-bond donors (Lipinski definition) is 0. The number of carbonyl (C=O) groups is 1. The highest BCUT2D eigenvalue weighted by molar-refractivity contribution is 5.79. The van der Waals surface area contributed by atoms with Crippen molar-refractivity contribution >= 4 is 11.6 Å². The molecule has 28 heavy (non-hydrogen) atoms. The van der Waals surface area contributed by atoms with Crippen molar-refractivity contribution in [1.82, 2.24) is 15.0 Å². The predicted octanol–water partition coefficient (Wildman–Crippen LogP) is 3.46. The van der Waals surface area contributed by atoms with Crippen LogP contribution >= 0.6 is 0 Å². The van der Waals surface area contributed by atoms with Crippen LogP contribution < -0.4 is 4.90 Å². The number of carbonyl (C=O) groups excluding carboxylic acids is 1. The van der Waals surface area contributed by atoms with Crippen molar-refractivity contribution < 1.29 is 13.7 Å². The van der Waals surface area contributed by atoms with Gasteiger partial charge >= 0.3 is 0 Å². The van der Waals surface area contributed by atoms with Gasteiger partial charge < -0.3 is 14.3 Å². The first-order valence-electron chi connectivity index (χ1n) is 9.14. The van der Waals surface area contributed by atoms with Crippen molar-refractivity contribution in [1.29, 1.82) is 0 Å². The summed E-state index contributed by atoms with van der Waals surface area (Å²) in [4.78, 5) is 20.5. The first-order valence-corrected chi connectivity index (χ1v) is 9.14. The van der Waals surface area contributed by atoms with Gasteiger partial charge in [-0.15, -0.1) is 0 Å². The van der Waals surface area contributed by atoms with Crippen LogP contribution in [0, 0.1) is 5.82 Å². The van der Waals surface area contributed by atoms with E-state index in [1.54, 1.807) is 23.1 Å². The second kappa shape index (κ2) is 7.42. The molecule has 1 amide bonds. The van der Waals surface area contributed by atoms with Crippen molar-refractivity contribution in [3.05, 3.63) is 65.7 Å². The van der Waals surface area contributed by atoms with E-state index in [0.29, 0.717) is 30.2 Å². The number of amides is 1. The lowest BCUT2D eigenvalue weighted by Gasteiger charge is -2.16. The lowest BCUT2D eigenvalue weighted by atomic mass is 10.1. The van der Waals surface area contributed by atoms with Crippen LogP contribution in [0.15, 0.2) is 53.1 Å². The Labute approximate surface area is 162 Å². The SMILES string of the molecule is CN(C)c1ccc(-c2nc(C3CC(=O)N(Cc4ccccc4F)C3)no2)cc1. The highest BCUT2D eigenvalue weighted by Gasteiger charge is 2.34. The molecule has 1 saturated heterocycles. The van der Waals surface area contributed by atoms with Gasteiger partial charge in [0, 0.05) is 56.3 Å². The molecular weight excluding hydrogens is 359 g/mol. The number of rotatable bonds is 5. The average Bonchev–Trinajstić information content (AvgIpc) is 3.31. The Bertz CT molecular complexity index is 984. The number of aromatic nitrogens is 2. The number of likely N-dealkylation sites (tertiary alicyclic amines) is 1. The molecule has 1 unspecified atom stereocenters. The van der Waals surface area contributed by atoms with E-state index >= 15 is 0 Å². The fourth-order valence-corrected chi connectivity index (χ4v) is 3.35. The molecule has 0 N–H and O–H groups in total. The van der Waals surface area contributed by atoms with Crippen LogP contribution in [-0.4, -0.2) is 41.6 Å². The minimum Gasteiger partial charge on any atom is -0.378 e. The van der Waals surface area contributed by atoms with Gasteiger partial charge in [0.2, 0.25) is 5.91 Å². The van der Waals surface area contributed by atoms with Gasteiger partial charge in [-0.25, -0.2) is 4.39 Å². The van der Waals surface area contributed by atoms with Crippen LogP contribution in [0.25, 0.3) is 11.5 Å². The number of hydrogen-bond acceptors (Lipinski definition) is 5. The molecule has 1 aliphatic heterocycles. The molecule has 2 heterocycles. The highest BCUT2D eigenvalue weighted by Crippen LogP contribution is 2.30. The molecule has 2 aromatic carbocycles. The van der Waals surface area contributed by atoms with Gasteiger partial charge in [-0.1, -0.05) is 23.4 Å². The number of benzene rings is 2. The van der Waals surface area contributed by atoms with Gasteiger partial charge in [-0.2, -0.15) is 4.98 Å². The lowest BCUT2D eigenvalue weighted by molar-refractivity contribution is -0.128. The van der Waals surface area contributed by atoms with Crippen LogP contribution in [0.3, 0.4) is 0 Å². The average molecular weight is 380 g/mol. The quantitative estimate of drug-likeness (QED) is 0.678. The van der Waals surface area contributed by atoms with Crippen LogP contribution in [-0.2, 0) is 11.3 Å². The van der Waals surface area contributed by atoms with E-state index in [1.807, 2.05) is 43.3 Å². The molecule has 7 heteroatoms. The van der Waals surface area contributed by atoms with E-state index in [0.717, 1.165) is 11.3 Å². The molecule has 1 aromatic heterocycles. The van der Waals surface area contributed by atoms with Crippen LogP contribution in [0.4, 0.5) is 10.1 Å². The molecule has 4 rings (SSSR count). The maximum atomic E-state index is 13.9. The summed E-state index contributed by atoms with van der Waals surface area (Å²) in [5.74, 6) is 0.450. The van der Waals surface area contributed by atoms with Gasteiger partial charge in [-0.3, -0.25) is 4.79 Å². The Kier molecular flexibility index (Phi) is 4.81. The Hall–Kier alpha value is -3.22. The number of halogens is 1. The third-order valence-corrected chi connectivity index (χ3v) is 4.97. The maximum Gasteiger partial charge on any atom is 0.257 e. The zero-order chi connectivity index (χ0) is 19.7. The number of nitrogens with zero attached hydrogens (tertiary/aromatic N) is 4. The van der Waals surface area contributed by atoms with Crippen LogP contribution in [0.2, 0.25) is 0 Å². The molecule has 0 spiro atoms. The normalized spacial score (nSPS) is 16.6. The molecule has 3 aromatic rings. The summed E-state index contributed by atoms with van der Waals surface area (Å²) in [5.41, 5.74) is 2.41. The molecule has 1 aliphatic rings. The summed E-state index contributed by atoms with van der Waals surface area (Å²) >= 11 is 0. The topological polar surface area (TPSA) is 62.5 Å².